The molecule has 0 aliphatic rings. The third kappa shape index (κ3) is 6.19. The Morgan fingerprint density at radius 1 is 0.759 bits per heavy atom. The molecule has 0 spiro atoms. The topological polar surface area (TPSA) is 75.3 Å². The molecule has 6 heteroatoms. The van der Waals surface area contributed by atoms with Gasteiger partial charge in [0.2, 0.25) is 0 Å². The number of amides is 1. The highest BCUT2D eigenvalue weighted by atomic mass is 32.2. The number of carbonyl (C=O) groups excluding carboxylic acids is 1. The first-order chi connectivity index (χ1) is 14.0. The molecule has 0 radical (unpaired) electrons. The zero-order valence-electron chi connectivity index (χ0n) is 16.0. The fourth-order valence-electron chi connectivity index (χ4n) is 2.91. The number of nitrogens with one attached hydrogen (secondary N) is 2. The van der Waals surface area contributed by atoms with Crippen molar-refractivity contribution in [2.45, 2.75) is 24.2 Å². The summed E-state index contributed by atoms with van der Waals surface area (Å²) < 4.78 is 27.2. The average molecular weight is 409 g/mol. The van der Waals surface area contributed by atoms with Crippen LogP contribution in [-0.4, -0.2) is 20.9 Å². The highest BCUT2D eigenvalue weighted by Crippen LogP contribution is 2.16. The number of hydrogen-bond acceptors (Lipinski definition) is 3. The molecule has 0 aliphatic heterocycles. The van der Waals surface area contributed by atoms with E-state index in [1.165, 1.54) is 17.7 Å². The van der Waals surface area contributed by atoms with Gasteiger partial charge in [-0.25, -0.2) is 8.42 Å². The van der Waals surface area contributed by atoms with E-state index in [-0.39, 0.29) is 10.8 Å². The summed E-state index contributed by atoms with van der Waals surface area (Å²) in [5, 5.41) is 2.90. The molecule has 0 saturated heterocycles. The summed E-state index contributed by atoms with van der Waals surface area (Å²) >= 11 is 0. The second-order valence-corrected chi connectivity index (χ2v) is 8.38. The number of carbonyl (C=O) groups is 1. The summed E-state index contributed by atoms with van der Waals surface area (Å²) in [5.74, 6) is -0.165. The highest BCUT2D eigenvalue weighted by Gasteiger charge is 2.13. The summed E-state index contributed by atoms with van der Waals surface area (Å²) in [5.41, 5.74) is 2.20. The molecule has 0 atom stereocenters. The van der Waals surface area contributed by atoms with Crippen LogP contribution >= 0.6 is 0 Å². The molecule has 0 unspecified atom stereocenters. The molecule has 3 aromatic carbocycles. The first kappa shape index (κ1) is 20.6. The molecule has 3 rings (SSSR count). The molecular formula is C23H24N2O3S. The van der Waals surface area contributed by atoms with Crippen LogP contribution in [0, 0.1) is 0 Å². The van der Waals surface area contributed by atoms with Gasteiger partial charge in [0.15, 0.2) is 0 Å². The van der Waals surface area contributed by atoms with E-state index in [1.54, 1.807) is 42.5 Å². The Morgan fingerprint density at radius 2 is 1.38 bits per heavy atom. The molecule has 0 heterocycles. The van der Waals surface area contributed by atoms with Crippen molar-refractivity contribution < 1.29 is 13.2 Å². The van der Waals surface area contributed by atoms with Crippen LogP contribution in [-0.2, 0) is 16.4 Å². The number of hydrogen-bond donors (Lipinski definition) is 2. The number of anilines is 1. The first-order valence-corrected chi connectivity index (χ1v) is 11.0. The molecule has 0 fully saturated rings. The van der Waals surface area contributed by atoms with Gasteiger partial charge in [-0.15, -0.1) is 0 Å². The van der Waals surface area contributed by atoms with E-state index in [2.05, 4.69) is 22.2 Å². The number of aryl methyl sites for hydroxylation is 1. The summed E-state index contributed by atoms with van der Waals surface area (Å²) in [6.45, 7) is 0.605. The summed E-state index contributed by atoms with van der Waals surface area (Å²) in [4.78, 5) is 12.4. The fraction of sp³-hybridized carbons (Fsp3) is 0.174. The van der Waals surface area contributed by atoms with E-state index in [0.717, 1.165) is 19.3 Å². The monoisotopic (exact) mass is 408 g/mol. The van der Waals surface area contributed by atoms with Crippen molar-refractivity contribution in [3.05, 3.63) is 96.1 Å². The highest BCUT2D eigenvalue weighted by molar-refractivity contribution is 7.92. The van der Waals surface area contributed by atoms with E-state index < -0.39 is 10.0 Å². The van der Waals surface area contributed by atoms with Gasteiger partial charge in [0, 0.05) is 17.8 Å². The van der Waals surface area contributed by atoms with Crippen LogP contribution in [0.1, 0.15) is 28.8 Å². The molecule has 0 aromatic heterocycles. The van der Waals surface area contributed by atoms with Crippen LogP contribution in [0.3, 0.4) is 0 Å². The maximum absolute atomic E-state index is 12.3. The second-order valence-electron chi connectivity index (χ2n) is 6.69. The normalized spacial score (nSPS) is 11.0. The molecule has 150 valence electrons. The summed E-state index contributed by atoms with van der Waals surface area (Å²) in [6.07, 6.45) is 2.90. The van der Waals surface area contributed by atoms with Crippen molar-refractivity contribution in [2.24, 2.45) is 0 Å². The molecule has 2 N–H and O–H groups in total. The van der Waals surface area contributed by atoms with Crippen molar-refractivity contribution in [1.29, 1.82) is 0 Å². The Labute approximate surface area is 171 Å². The average Bonchev–Trinajstić information content (AvgIpc) is 2.75. The van der Waals surface area contributed by atoms with E-state index in [1.807, 2.05) is 18.2 Å². The van der Waals surface area contributed by atoms with Gasteiger partial charge in [0.25, 0.3) is 15.9 Å². The zero-order valence-corrected chi connectivity index (χ0v) is 16.9. The predicted octanol–water partition coefficient (Wildman–Crippen LogP) is 4.24. The number of sulfonamides is 1. The Balaban J connectivity index is 1.46. The molecule has 0 saturated carbocycles. The van der Waals surface area contributed by atoms with E-state index in [4.69, 9.17) is 0 Å². The lowest BCUT2D eigenvalue weighted by molar-refractivity contribution is 0.0953. The second kappa shape index (κ2) is 9.89. The first-order valence-electron chi connectivity index (χ1n) is 9.55. The van der Waals surface area contributed by atoms with Crippen LogP contribution < -0.4 is 10.0 Å². The molecular weight excluding hydrogens is 384 g/mol. The summed E-state index contributed by atoms with van der Waals surface area (Å²) in [6, 6.07) is 24.8. The molecule has 0 aliphatic carbocycles. The van der Waals surface area contributed by atoms with E-state index in [9.17, 15) is 13.2 Å². The van der Waals surface area contributed by atoms with Gasteiger partial charge in [-0.05, 0) is 61.2 Å². The number of rotatable bonds is 9. The molecule has 1 amide bonds. The number of unbranched alkanes of at least 4 members (excludes halogenated alkanes) is 1. The zero-order chi connectivity index (χ0) is 20.5. The van der Waals surface area contributed by atoms with Crippen LogP contribution in [0.25, 0.3) is 0 Å². The standard InChI is InChI=1S/C23H24N2O3S/c26-23(24-18-8-7-11-19-9-3-1-4-10-19)20-14-16-21(17-15-20)25-29(27,28)22-12-5-2-6-13-22/h1-6,9-10,12-17,25H,7-8,11,18H2,(H,24,26). The Kier molecular flexibility index (Phi) is 7.03. The van der Waals surface area contributed by atoms with Crippen LogP contribution in [0.4, 0.5) is 5.69 Å². The maximum atomic E-state index is 12.3. The smallest absolute Gasteiger partial charge is 0.261 e. The van der Waals surface area contributed by atoms with Gasteiger partial charge >= 0.3 is 0 Å². The van der Waals surface area contributed by atoms with Crippen molar-refractivity contribution in [3.63, 3.8) is 0 Å². The fourth-order valence-corrected chi connectivity index (χ4v) is 3.99. The van der Waals surface area contributed by atoms with Gasteiger partial charge in [0.1, 0.15) is 0 Å². The van der Waals surface area contributed by atoms with Gasteiger partial charge in [-0.3, -0.25) is 9.52 Å². The van der Waals surface area contributed by atoms with Crippen molar-refractivity contribution in [1.82, 2.24) is 5.32 Å². The van der Waals surface area contributed by atoms with E-state index in [0.29, 0.717) is 17.8 Å². The van der Waals surface area contributed by atoms with Gasteiger partial charge < -0.3 is 5.32 Å². The van der Waals surface area contributed by atoms with Crippen molar-refractivity contribution >= 4 is 21.6 Å². The third-order valence-electron chi connectivity index (χ3n) is 4.47. The largest absolute Gasteiger partial charge is 0.352 e. The van der Waals surface area contributed by atoms with Gasteiger partial charge in [-0.2, -0.15) is 0 Å². The Bertz CT molecular complexity index is 1020. The Morgan fingerprint density at radius 3 is 2.03 bits per heavy atom. The van der Waals surface area contributed by atoms with Crippen LogP contribution in [0.2, 0.25) is 0 Å². The lowest BCUT2D eigenvalue weighted by Crippen LogP contribution is -2.24. The molecule has 0 bridgehead atoms. The lowest BCUT2D eigenvalue weighted by Gasteiger charge is -2.09. The third-order valence-corrected chi connectivity index (χ3v) is 5.87. The quantitative estimate of drug-likeness (QED) is 0.520. The predicted molar refractivity (Wildman–Crippen MR) is 115 cm³/mol. The molecule has 5 nitrogen and oxygen atoms in total. The minimum absolute atomic E-state index is 0.165. The van der Waals surface area contributed by atoms with E-state index >= 15 is 0 Å². The van der Waals surface area contributed by atoms with Crippen LogP contribution in [0.15, 0.2) is 89.8 Å². The minimum atomic E-state index is -3.64. The maximum Gasteiger partial charge on any atom is 0.261 e. The van der Waals surface area contributed by atoms with Crippen molar-refractivity contribution in [3.8, 4) is 0 Å². The Hall–Kier alpha value is -3.12. The number of benzene rings is 3. The molecule has 3 aromatic rings. The van der Waals surface area contributed by atoms with Gasteiger partial charge in [0.05, 0.1) is 4.90 Å². The SMILES string of the molecule is O=C(NCCCCc1ccccc1)c1ccc(NS(=O)(=O)c2ccccc2)cc1. The minimum Gasteiger partial charge on any atom is -0.352 e. The van der Waals surface area contributed by atoms with Crippen molar-refractivity contribution in [2.75, 3.05) is 11.3 Å². The summed E-state index contributed by atoms with van der Waals surface area (Å²) in [7, 11) is -3.64. The lowest BCUT2D eigenvalue weighted by atomic mass is 10.1. The van der Waals surface area contributed by atoms with Gasteiger partial charge in [-0.1, -0.05) is 48.5 Å². The van der Waals surface area contributed by atoms with Crippen LogP contribution in [0.5, 0.6) is 0 Å². The molecule has 29 heavy (non-hydrogen) atoms.